The van der Waals surface area contributed by atoms with Gasteiger partial charge in [-0.2, -0.15) is 0 Å². The summed E-state index contributed by atoms with van der Waals surface area (Å²) < 4.78 is 0. The summed E-state index contributed by atoms with van der Waals surface area (Å²) in [5.41, 5.74) is 0. The molecule has 0 bridgehead atoms. The van der Waals surface area contributed by atoms with Gasteiger partial charge in [0.05, 0.1) is 0 Å². The van der Waals surface area contributed by atoms with Gasteiger partial charge in [-0.05, 0) is 19.8 Å². The quantitative estimate of drug-likeness (QED) is 0.710. The molecule has 3 nitrogen and oxygen atoms in total. The normalized spacial score (nSPS) is 10.7. The Morgan fingerprint density at radius 3 is 2.07 bits per heavy atom. The van der Waals surface area contributed by atoms with Gasteiger partial charge in [-0.1, -0.05) is 13.8 Å². The van der Waals surface area contributed by atoms with Crippen LogP contribution in [0.25, 0.3) is 0 Å². The Morgan fingerprint density at radius 1 is 1.07 bits per heavy atom. The zero-order chi connectivity index (χ0) is 11.1. The molecule has 0 heterocycles. The van der Waals surface area contributed by atoms with Crippen LogP contribution in [0.1, 0.15) is 47.0 Å². The maximum atomic E-state index is 11.3. The lowest BCUT2D eigenvalue weighted by Crippen LogP contribution is -2.30. The van der Waals surface area contributed by atoms with E-state index in [-0.39, 0.29) is 17.7 Å². The van der Waals surface area contributed by atoms with Crippen molar-refractivity contribution >= 4 is 11.7 Å². The lowest BCUT2D eigenvalue weighted by atomic mass is 10.0. The van der Waals surface area contributed by atoms with E-state index in [0.29, 0.717) is 25.2 Å². The third-order valence-corrected chi connectivity index (χ3v) is 1.72. The van der Waals surface area contributed by atoms with Crippen molar-refractivity contribution in [1.82, 2.24) is 5.32 Å². The van der Waals surface area contributed by atoms with E-state index >= 15 is 0 Å². The highest BCUT2D eigenvalue weighted by atomic mass is 16.2. The maximum absolute atomic E-state index is 11.3. The third-order valence-electron chi connectivity index (χ3n) is 1.72. The van der Waals surface area contributed by atoms with Crippen LogP contribution in [0.3, 0.4) is 0 Å². The van der Waals surface area contributed by atoms with Gasteiger partial charge >= 0.3 is 0 Å². The van der Waals surface area contributed by atoms with E-state index in [1.165, 1.54) is 0 Å². The van der Waals surface area contributed by atoms with Crippen LogP contribution < -0.4 is 5.32 Å². The molecule has 82 valence electrons. The molecule has 0 unspecified atom stereocenters. The van der Waals surface area contributed by atoms with Crippen LogP contribution in [0.5, 0.6) is 0 Å². The van der Waals surface area contributed by atoms with Crippen molar-refractivity contribution in [2.24, 2.45) is 5.92 Å². The van der Waals surface area contributed by atoms with Crippen molar-refractivity contribution in [3.05, 3.63) is 0 Å². The van der Waals surface area contributed by atoms with Crippen LogP contribution >= 0.6 is 0 Å². The van der Waals surface area contributed by atoms with Gasteiger partial charge in [0, 0.05) is 25.3 Å². The van der Waals surface area contributed by atoms with E-state index in [4.69, 9.17) is 0 Å². The molecule has 0 atom stereocenters. The lowest BCUT2D eigenvalue weighted by molar-refractivity contribution is -0.126. The number of rotatable bonds is 6. The summed E-state index contributed by atoms with van der Waals surface area (Å²) in [4.78, 5) is 22.4. The smallest absolute Gasteiger partial charge is 0.220 e. The van der Waals surface area contributed by atoms with Gasteiger partial charge in [-0.25, -0.2) is 0 Å². The number of nitrogens with one attached hydrogen (secondary N) is 1. The molecule has 3 heteroatoms. The Labute approximate surface area is 86.3 Å². The van der Waals surface area contributed by atoms with E-state index < -0.39 is 0 Å². The van der Waals surface area contributed by atoms with Crippen LogP contribution in [0.15, 0.2) is 0 Å². The standard InChI is InChI=1S/C11H21NO2/c1-8(2)7-10(13)5-6-11(14)12-9(3)4/h8-9H,5-7H2,1-4H3,(H,12,14). The van der Waals surface area contributed by atoms with E-state index in [1.54, 1.807) is 0 Å². The van der Waals surface area contributed by atoms with Gasteiger partial charge in [0.2, 0.25) is 5.91 Å². The number of carbonyl (C=O) groups excluding carboxylic acids is 2. The monoisotopic (exact) mass is 199 g/mol. The Kier molecular flexibility index (Phi) is 6.17. The molecule has 0 aromatic carbocycles. The average Bonchev–Trinajstić information content (AvgIpc) is 1.98. The molecule has 0 aromatic rings. The summed E-state index contributed by atoms with van der Waals surface area (Å²) in [6.45, 7) is 7.83. The molecule has 0 rings (SSSR count). The highest BCUT2D eigenvalue weighted by Gasteiger charge is 2.08. The largest absolute Gasteiger partial charge is 0.354 e. The van der Waals surface area contributed by atoms with Gasteiger partial charge in [-0.15, -0.1) is 0 Å². The van der Waals surface area contributed by atoms with Gasteiger partial charge in [0.15, 0.2) is 0 Å². The molecule has 0 aliphatic heterocycles. The first-order valence-corrected chi connectivity index (χ1v) is 5.23. The second-order valence-electron chi connectivity index (χ2n) is 4.36. The zero-order valence-corrected chi connectivity index (χ0v) is 9.59. The summed E-state index contributed by atoms with van der Waals surface area (Å²) in [6.07, 6.45) is 1.27. The number of hydrogen-bond donors (Lipinski definition) is 1. The highest BCUT2D eigenvalue weighted by molar-refractivity contribution is 5.85. The van der Waals surface area contributed by atoms with Crippen LogP contribution in [-0.2, 0) is 9.59 Å². The van der Waals surface area contributed by atoms with Crippen LogP contribution in [0.2, 0.25) is 0 Å². The number of hydrogen-bond acceptors (Lipinski definition) is 2. The Bertz CT molecular complexity index is 175. The summed E-state index contributed by atoms with van der Waals surface area (Å²) in [6, 6.07) is 0.155. The molecule has 1 N–H and O–H groups in total. The summed E-state index contributed by atoms with van der Waals surface area (Å²) in [7, 11) is 0. The first kappa shape index (κ1) is 13.1. The van der Waals surface area contributed by atoms with E-state index in [2.05, 4.69) is 5.32 Å². The highest BCUT2D eigenvalue weighted by Crippen LogP contribution is 2.04. The number of amides is 1. The van der Waals surface area contributed by atoms with E-state index in [9.17, 15) is 9.59 Å². The first-order chi connectivity index (χ1) is 6.41. The van der Waals surface area contributed by atoms with Crippen LogP contribution in [0, 0.1) is 5.92 Å². The van der Waals surface area contributed by atoms with Crippen molar-refractivity contribution in [3.63, 3.8) is 0 Å². The molecule has 0 saturated carbocycles. The lowest BCUT2D eigenvalue weighted by Gasteiger charge is -2.08. The minimum atomic E-state index is -0.0305. The molecule has 1 amide bonds. The average molecular weight is 199 g/mol. The molecular weight excluding hydrogens is 178 g/mol. The van der Waals surface area contributed by atoms with Crippen LogP contribution in [0.4, 0.5) is 0 Å². The van der Waals surface area contributed by atoms with Crippen molar-refractivity contribution in [2.75, 3.05) is 0 Å². The number of ketones is 1. The summed E-state index contributed by atoms with van der Waals surface area (Å²) in [5, 5.41) is 2.76. The van der Waals surface area contributed by atoms with Gasteiger partial charge in [0.1, 0.15) is 5.78 Å². The molecule has 14 heavy (non-hydrogen) atoms. The fourth-order valence-electron chi connectivity index (χ4n) is 1.20. The fourth-order valence-corrected chi connectivity index (χ4v) is 1.20. The van der Waals surface area contributed by atoms with E-state index in [1.807, 2.05) is 27.7 Å². The van der Waals surface area contributed by atoms with E-state index in [0.717, 1.165) is 0 Å². The fraction of sp³-hybridized carbons (Fsp3) is 0.818. The second kappa shape index (κ2) is 6.57. The third kappa shape index (κ3) is 7.77. The minimum absolute atomic E-state index is 0.0305. The maximum Gasteiger partial charge on any atom is 0.220 e. The number of Topliss-reactive ketones (excluding diaryl/α,β-unsaturated/α-hetero) is 1. The second-order valence-corrected chi connectivity index (χ2v) is 4.36. The molecule has 0 aliphatic carbocycles. The summed E-state index contributed by atoms with van der Waals surface area (Å²) >= 11 is 0. The molecule has 0 radical (unpaired) electrons. The molecule has 0 fully saturated rings. The Morgan fingerprint density at radius 2 is 1.64 bits per heavy atom. The van der Waals surface area contributed by atoms with Gasteiger partial charge in [0.25, 0.3) is 0 Å². The first-order valence-electron chi connectivity index (χ1n) is 5.23. The predicted molar refractivity (Wildman–Crippen MR) is 57.0 cm³/mol. The topological polar surface area (TPSA) is 46.2 Å². The number of carbonyl (C=O) groups is 2. The zero-order valence-electron chi connectivity index (χ0n) is 9.59. The van der Waals surface area contributed by atoms with Crippen molar-refractivity contribution in [1.29, 1.82) is 0 Å². The molecule has 0 aliphatic rings. The van der Waals surface area contributed by atoms with Crippen molar-refractivity contribution in [3.8, 4) is 0 Å². The SMILES string of the molecule is CC(C)CC(=O)CCC(=O)NC(C)C. The van der Waals surface area contributed by atoms with Gasteiger partial charge < -0.3 is 5.32 Å². The minimum Gasteiger partial charge on any atom is -0.354 e. The predicted octanol–water partition coefficient (Wildman–Crippen LogP) is 1.91. The Hall–Kier alpha value is -0.860. The molecule has 0 aromatic heterocycles. The van der Waals surface area contributed by atoms with Crippen LogP contribution in [-0.4, -0.2) is 17.7 Å². The molecule has 0 spiro atoms. The van der Waals surface area contributed by atoms with Crippen molar-refractivity contribution in [2.45, 2.75) is 53.0 Å². The molecule has 0 saturated heterocycles. The summed E-state index contributed by atoms with van der Waals surface area (Å²) in [5.74, 6) is 0.534. The Balaban J connectivity index is 3.61. The molecular formula is C11H21NO2. The van der Waals surface area contributed by atoms with Crippen molar-refractivity contribution < 1.29 is 9.59 Å². The van der Waals surface area contributed by atoms with Gasteiger partial charge in [-0.3, -0.25) is 9.59 Å².